The number of nitrogen functional groups attached to an aromatic ring is 1. The fourth-order valence-electron chi connectivity index (χ4n) is 2.18. The molecular weight excluding hydrogens is 296 g/mol. The van der Waals surface area contributed by atoms with Gasteiger partial charge in [0.05, 0.1) is 6.04 Å². The number of hydrogen-bond donors (Lipinski definition) is 1. The maximum absolute atomic E-state index is 6.00. The molecule has 5 nitrogen and oxygen atoms in total. The smallest absolute Gasteiger partial charge is 0.258 e. The van der Waals surface area contributed by atoms with Gasteiger partial charge in [-0.05, 0) is 25.2 Å². The minimum atomic E-state index is 0.197. The lowest BCUT2D eigenvalue weighted by atomic mass is 10.2. The van der Waals surface area contributed by atoms with Gasteiger partial charge in [0.1, 0.15) is 0 Å². The Morgan fingerprint density at radius 1 is 1.45 bits per heavy atom. The Kier molecular flexibility index (Phi) is 3.87. The maximum Gasteiger partial charge on any atom is 0.258 e. The molecule has 106 valence electrons. The first-order chi connectivity index (χ1) is 9.63. The largest absolute Gasteiger partial charge is 0.399 e. The van der Waals surface area contributed by atoms with Crippen LogP contribution in [0.15, 0.2) is 22.7 Å². The van der Waals surface area contributed by atoms with Gasteiger partial charge in [-0.2, -0.15) is 16.7 Å². The van der Waals surface area contributed by atoms with Gasteiger partial charge in [-0.25, -0.2) is 0 Å². The second-order valence-corrected chi connectivity index (χ2v) is 6.39. The van der Waals surface area contributed by atoms with Crippen LogP contribution in [-0.2, 0) is 0 Å². The van der Waals surface area contributed by atoms with Crippen LogP contribution in [0.5, 0.6) is 0 Å². The number of nitrogens with zero attached hydrogens (tertiary/aromatic N) is 3. The van der Waals surface area contributed by atoms with Crippen LogP contribution < -0.4 is 5.73 Å². The lowest BCUT2D eigenvalue weighted by molar-refractivity contribution is 0.257. The molecule has 1 saturated heterocycles. The number of aromatic nitrogens is 2. The van der Waals surface area contributed by atoms with Crippen LogP contribution in [0.1, 0.15) is 11.9 Å². The number of thioether (sulfide) groups is 1. The summed E-state index contributed by atoms with van der Waals surface area (Å²) < 4.78 is 5.35. The fourth-order valence-corrected chi connectivity index (χ4v) is 3.64. The summed E-state index contributed by atoms with van der Waals surface area (Å²) in [7, 11) is 2.08. The van der Waals surface area contributed by atoms with E-state index < -0.39 is 0 Å². The van der Waals surface area contributed by atoms with Crippen LogP contribution in [0, 0.1) is 0 Å². The molecule has 1 aromatic heterocycles. The molecule has 1 unspecified atom stereocenters. The molecule has 7 heteroatoms. The van der Waals surface area contributed by atoms with Crippen LogP contribution in [0.3, 0.4) is 0 Å². The molecule has 0 saturated carbocycles. The van der Waals surface area contributed by atoms with Crippen molar-refractivity contribution in [3.8, 4) is 11.5 Å². The zero-order chi connectivity index (χ0) is 14.1. The van der Waals surface area contributed by atoms with Crippen molar-refractivity contribution in [2.75, 3.05) is 30.8 Å². The van der Waals surface area contributed by atoms with E-state index >= 15 is 0 Å². The molecule has 20 heavy (non-hydrogen) atoms. The number of anilines is 1. The molecule has 2 N–H and O–H groups in total. The number of hydrogen-bond acceptors (Lipinski definition) is 6. The van der Waals surface area contributed by atoms with Crippen molar-refractivity contribution in [3.05, 3.63) is 29.0 Å². The van der Waals surface area contributed by atoms with Crippen molar-refractivity contribution in [1.29, 1.82) is 0 Å². The average molecular weight is 311 g/mol. The van der Waals surface area contributed by atoms with E-state index in [0.29, 0.717) is 22.4 Å². The standard InChI is InChI=1S/C13H15ClN4OS/c1-18-2-3-20-7-11(18)12-16-13(19-17-12)8-4-9(14)6-10(15)5-8/h4-6,11H,2-3,7,15H2,1H3. The van der Waals surface area contributed by atoms with E-state index in [-0.39, 0.29) is 6.04 Å². The molecule has 0 aliphatic carbocycles. The van der Waals surface area contributed by atoms with Gasteiger partial charge < -0.3 is 10.3 Å². The fraction of sp³-hybridized carbons (Fsp3) is 0.385. The summed E-state index contributed by atoms with van der Waals surface area (Å²) >= 11 is 7.90. The third kappa shape index (κ3) is 2.77. The summed E-state index contributed by atoms with van der Waals surface area (Å²) in [4.78, 5) is 6.74. The maximum atomic E-state index is 6.00. The average Bonchev–Trinajstić information content (AvgIpc) is 2.87. The Morgan fingerprint density at radius 2 is 2.30 bits per heavy atom. The summed E-state index contributed by atoms with van der Waals surface area (Å²) in [5.41, 5.74) is 7.11. The third-order valence-electron chi connectivity index (χ3n) is 3.30. The van der Waals surface area contributed by atoms with Gasteiger partial charge in [-0.1, -0.05) is 16.8 Å². The van der Waals surface area contributed by atoms with Crippen LogP contribution >= 0.6 is 23.4 Å². The summed E-state index contributed by atoms with van der Waals surface area (Å²) in [6.07, 6.45) is 0. The first kappa shape index (κ1) is 13.7. The normalized spacial score (nSPS) is 20.2. The summed E-state index contributed by atoms with van der Waals surface area (Å²) in [5, 5.41) is 4.66. The van der Waals surface area contributed by atoms with Crippen molar-refractivity contribution >= 4 is 29.1 Å². The van der Waals surface area contributed by atoms with Gasteiger partial charge >= 0.3 is 0 Å². The molecule has 1 atom stereocenters. The zero-order valence-electron chi connectivity index (χ0n) is 11.0. The summed E-state index contributed by atoms with van der Waals surface area (Å²) in [5.74, 6) is 3.29. The minimum Gasteiger partial charge on any atom is -0.399 e. The Morgan fingerprint density at radius 3 is 3.05 bits per heavy atom. The lowest BCUT2D eigenvalue weighted by Gasteiger charge is -2.29. The van der Waals surface area contributed by atoms with Crippen LogP contribution in [0.4, 0.5) is 5.69 Å². The third-order valence-corrected chi connectivity index (χ3v) is 4.54. The van der Waals surface area contributed by atoms with E-state index in [1.54, 1.807) is 18.2 Å². The number of benzene rings is 1. The van der Waals surface area contributed by atoms with Gasteiger partial charge in [0.15, 0.2) is 5.82 Å². The van der Waals surface area contributed by atoms with Gasteiger partial charge in [-0.3, -0.25) is 4.90 Å². The van der Waals surface area contributed by atoms with Crippen molar-refractivity contribution < 1.29 is 4.52 Å². The molecule has 2 aromatic rings. The first-order valence-electron chi connectivity index (χ1n) is 6.31. The molecule has 0 bridgehead atoms. The van der Waals surface area contributed by atoms with E-state index in [1.165, 1.54) is 0 Å². The Bertz CT molecular complexity index is 598. The van der Waals surface area contributed by atoms with E-state index in [2.05, 4.69) is 22.1 Å². The highest BCUT2D eigenvalue weighted by Gasteiger charge is 2.26. The van der Waals surface area contributed by atoms with Gasteiger partial charge in [0.25, 0.3) is 5.89 Å². The van der Waals surface area contributed by atoms with E-state index in [4.69, 9.17) is 21.9 Å². The zero-order valence-corrected chi connectivity index (χ0v) is 12.6. The number of nitrogens with two attached hydrogens (primary N) is 1. The Balaban J connectivity index is 1.89. The highest BCUT2D eigenvalue weighted by atomic mass is 35.5. The van der Waals surface area contributed by atoms with Crippen molar-refractivity contribution in [1.82, 2.24) is 15.0 Å². The summed E-state index contributed by atoms with van der Waals surface area (Å²) in [6, 6.07) is 5.44. The number of rotatable bonds is 2. The quantitative estimate of drug-likeness (QED) is 0.860. The van der Waals surface area contributed by atoms with Crippen molar-refractivity contribution in [2.24, 2.45) is 0 Å². The predicted molar refractivity (Wildman–Crippen MR) is 81.9 cm³/mol. The Labute approximate surface area is 126 Å². The molecule has 1 aromatic carbocycles. The highest BCUT2D eigenvalue weighted by molar-refractivity contribution is 7.99. The molecule has 0 spiro atoms. The van der Waals surface area contributed by atoms with Crippen LogP contribution in [-0.4, -0.2) is 40.1 Å². The molecule has 3 rings (SSSR count). The SMILES string of the molecule is CN1CCSCC1c1noc(-c2cc(N)cc(Cl)c2)n1. The van der Waals surface area contributed by atoms with Crippen molar-refractivity contribution in [3.63, 3.8) is 0 Å². The topological polar surface area (TPSA) is 68.2 Å². The van der Waals surface area contributed by atoms with E-state index in [0.717, 1.165) is 23.6 Å². The molecular formula is C13H15ClN4OS. The van der Waals surface area contributed by atoms with Crippen molar-refractivity contribution in [2.45, 2.75) is 6.04 Å². The summed E-state index contributed by atoms with van der Waals surface area (Å²) in [6.45, 7) is 1.03. The minimum absolute atomic E-state index is 0.197. The second kappa shape index (κ2) is 5.63. The highest BCUT2D eigenvalue weighted by Crippen LogP contribution is 2.29. The van der Waals surface area contributed by atoms with Gasteiger partial charge in [0, 0.05) is 34.3 Å². The van der Waals surface area contributed by atoms with E-state index in [1.807, 2.05) is 11.8 Å². The van der Waals surface area contributed by atoms with Crippen LogP contribution in [0.25, 0.3) is 11.5 Å². The van der Waals surface area contributed by atoms with Gasteiger partial charge in [-0.15, -0.1) is 0 Å². The molecule has 1 aliphatic rings. The molecule has 1 fully saturated rings. The predicted octanol–water partition coefficient (Wildman–Crippen LogP) is 2.69. The monoisotopic (exact) mass is 310 g/mol. The molecule has 0 amide bonds. The molecule has 0 radical (unpaired) electrons. The Hall–Kier alpha value is -1.24. The second-order valence-electron chi connectivity index (χ2n) is 4.80. The lowest BCUT2D eigenvalue weighted by Crippen LogP contribution is -2.33. The molecule has 1 aliphatic heterocycles. The van der Waals surface area contributed by atoms with Gasteiger partial charge in [0.2, 0.25) is 0 Å². The number of halogens is 1. The molecule has 2 heterocycles. The first-order valence-corrected chi connectivity index (χ1v) is 7.85. The van der Waals surface area contributed by atoms with E-state index in [9.17, 15) is 0 Å². The van der Waals surface area contributed by atoms with Crippen LogP contribution in [0.2, 0.25) is 5.02 Å².